The Bertz CT molecular complexity index is 554. The number of aromatic nitrogens is 1. The van der Waals surface area contributed by atoms with Crippen molar-refractivity contribution in [1.29, 1.82) is 0 Å². The molecule has 3 nitrogen and oxygen atoms in total. The fraction of sp³-hybridized carbons (Fsp3) is 0.500. The first-order valence-electron chi connectivity index (χ1n) is 6.83. The second-order valence-electron chi connectivity index (χ2n) is 6.09. The molecule has 2 rings (SSSR count). The van der Waals surface area contributed by atoms with E-state index in [1.807, 2.05) is 7.05 Å². The van der Waals surface area contributed by atoms with Crippen molar-refractivity contribution in [2.75, 3.05) is 20.6 Å². The lowest BCUT2D eigenvalue weighted by atomic mass is 10.1. The zero-order valence-electron chi connectivity index (χ0n) is 12.7. The number of nitrogens with one attached hydrogen (secondary N) is 1. The van der Waals surface area contributed by atoms with Crippen LogP contribution in [0.25, 0.3) is 10.9 Å². The SMILES string of the molecule is CNC(C)(C)CN(C)Cc1cn(C)c2ccccc12. The van der Waals surface area contributed by atoms with E-state index in [-0.39, 0.29) is 5.54 Å². The average Bonchev–Trinajstić information content (AvgIpc) is 2.66. The highest BCUT2D eigenvalue weighted by Gasteiger charge is 2.18. The molecule has 1 heterocycles. The van der Waals surface area contributed by atoms with Crippen LogP contribution in [0.4, 0.5) is 0 Å². The highest BCUT2D eigenvalue weighted by atomic mass is 15.1. The Morgan fingerprint density at radius 1 is 1.26 bits per heavy atom. The van der Waals surface area contributed by atoms with Gasteiger partial charge in [-0.2, -0.15) is 0 Å². The van der Waals surface area contributed by atoms with Crippen LogP contribution in [0.15, 0.2) is 30.5 Å². The van der Waals surface area contributed by atoms with Crippen LogP contribution in [-0.2, 0) is 13.6 Å². The van der Waals surface area contributed by atoms with Crippen LogP contribution in [0.1, 0.15) is 19.4 Å². The van der Waals surface area contributed by atoms with Crippen molar-refractivity contribution in [1.82, 2.24) is 14.8 Å². The van der Waals surface area contributed by atoms with Crippen LogP contribution in [0.2, 0.25) is 0 Å². The number of hydrogen-bond donors (Lipinski definition) is 1. The molecule has 0 aliphatic rings. The Morgan fingerprint density at radius 2 is 1.95 bits per heavy atom. The fourth-order valence-electron chi connectivity index (χ4n) is 2.65. The molecule has 104 valence electrons. The average molecular weight is 259 g/mol. The molecule has 0 aliphatic carbocycles. The van der Waals surface area contributed by atoms with Gasteiger partial charge in [-0.1, -0.05) is 18.2 Å². The summed E-state index contributed by atoms with van der Waals surface area (Å²) in [6, 6.07) is 8.60. The largest absolute Gasteiger partial charge is 0.350 e. The van der Waals surface area contributed by atoms with Crippen molar-refractivity contribution < 1.29 is 0 Å². The number of aryl methyl sites for hydroxylation is 1. The minimum absolute atomic E-state index is 0.138. The van der Waals surface area contributed by atoms with Crippen molar-refractivity contribution in [3.63, 3.8) is 0 Å². The standard InChI is InChI=1S/C16H25N3/c1-16(2,17-3)12-18(4)10-13-11-19(5)15-9-7-6-8-14(13)15/h6-9,11,17H,10,12H2,1-5H3. The van der Waals surface area contributed by atoms with E-state index in [0.717, 1.165) is 13.1 Å². The maximum Gasteiger partial charge on any atom is 0.0481 e. The molecule has 0 saturated carbocycles. The molecule has 0 amide bonds. The normalized spacial score (nSPS) is 12.5. The predicted octanol–water partition coefficient (Wildman–Crippen LogP) is 2.61. The van der Waals surface area contributed by atoms with Crippen molar-refractivity contribution in [3.05, 3.63) is 36.0 Å². The van der Waals surface area contributed by atoms with E-state index in [9.17, 15) is 0 Å². The maximum absolute atomic E-state index is 3.35. The molecule has 0 aliphatic heterocycles. The third-order valence-corrected chi connectivity index (χ3v) is 3.76. The Kier molecular flexibility index (Phi) is 3.97. The summed E-state index contributed by atoms with van der Waals surface area (Å²) in [7, 11) is 6.32. The van der Waals surface area contributed by atoms with Gasteiger partial charge in [0.1, 0.15) is 0 Å². The Morgan fingerprint density at radius 3 is 2.63 bits per heavy atom. The lowest BCUT2D eigenvalue weighted by molar-refractivity contribution is 0.239. The molecule has 2 aromatic rings. The summed E-state index contributed by atoms with van der Waals surface area (Å²) in [4.78, 5) is 2.37. The van der Waals surface area contributed by atoms with Crippen molar-refractivity contribution in [2.45, 2.75) is 25.9 Å². The van der Waals surface area contributed by atoms with E-state index < -0.39 is 0 Å². The minimum atomic E-state index is 0.138. The van der Waals surface area contributed by atoms with Gasteiger partial charge in [-0.15, -0.1) is 0 Å². The third-order valence-electron chi connectivity index (χ3n) is 3.76. The van der Waals surface area contributed by atoms with Gasteiger partial charge >= 0.3 is 0 Å². The summed E-state index contributed by atoms with van der Waals surface area (Å²) in [5.74, 6) is 0. The highest BCUT2D eigenvalue weighted by molar-refractivity contribution is 5.83. The predicted molar refractivity (Wildman–Crippen MR) is 82.4 cm³/mol. The van der Waals surface area contributed by atoms with Gasteiger partial charge in [0.15, 0.2) is 0 Å². The molecule has 0 spiro atoms. The van der Waals surface area contributed by atoms with Gasteiger partial charge < -0.3 is 14.8 Å². The smallest absolute Gasteiger partial charge is 0.0481 e. The highest BCUT2D eigenvalue weighted by Crippen LogP contribution is 2.21. The molecular formula is C16H25N3. The number of hydrogen-bond acceptors (Lipinski definition) is 2. The van der Waals surface area contributed by atoms with Gasteiger partial charge in [-0.05, 0) is 39.6 Å². The molecule has 0 unspecified atom stereocenters. The van der Waals surface area contributed by atoms with Gasteiger partial charge in [-0.3, -0.25) is 0 Å². The van der Waals surface area contributed by atoms with Crippen molar-refractivity contribution in [3.8, 4) is 0 Å². The second kappa shape index (κ2) is 5.35. The van der Waals surface area contributed by atoms with Crippen LogP contribution in [0, 0.1) is 0 Å². The Balaban J connectivity index is 2.18. The van der Waals surface area contributed by atoms with Gasteiger partial charge in [0, 0.05) is 42.8 Å². The molecule has 0 fully saturated rings. The minimum Gasteiger partial charge on any atom is -0.350 e. The van der Waals surface area contributed by atoms with Gasteiger partial charge in [0.25, 0.3) is 0 Å². The van der Waals surface area contributed by atoms with Gasteiger partial charge in [0.05, 0.1) is 0 Å². The first-order valence-corrected chi connectivity index (χ1v) is 6.83. The lowest BCUT2D eigenvalue weighted by Crippen LogP contribution is -2.46. The molecule has 3 heteroatoms. The van der Waals surface area contributed by atoms with E-state index in [2.05, 4.69) is 73.2 Å². The fourth-order valence-corrected chi connectivity index (χ4v) is 2.65. The summed E-state index contributed by atoms with van der Waals surface area (Å²) < 4.78 is 2.21. The first kappa shape index (κ1) is 14.1. The van der Waals surface area contributed by atoms with Crippen LogP contribution < -0.4 is 5.32 Å². The van der Waals surface area contributed by atoms with Crippen molar-refractivity contribution in [2.24, 2.45) is 7.05 Å². The van der Waals surface area contributed by atoms with E-state index >= 15 is 0 Å². The summed E-state index contributed by atoms with van der Waals surface area (Å²) in [5, 5.41) is 4.71. The first-order chi connectivity index (χ1) is 8.93. The molecule has 0 saturated heterocycles. The molecule has 1 aromatic carbocycles. The Hall–Kier alpha value is -1.32. The zero-order chi connectivity index (χ0) is 14.0. The number of nitrogens with zero attached hydrogens (tertiary/aromatic N) is 2. The molecule has 1 N–H and O–H groups in total. The summed E-state index contributed by atoms with van der Waals surface area (Å²) in [5.41, 5.74) is 2.84. The number of para-hydroxylation sites is 1. The van der Waals surface area contributed by atoms with Crippen LogP contribution in [0.5, 0.6) is 0 Å². The molecule has 1 aromatic heterocycles. The molecule has 0 bridgehead atoms. The van der Waals surface area contributed by atoms with Crippen LogP contribution in [-0.4, -0.2) is 35.6 Å². The quantitative estimate of drug-likeness (QED) is 0.890. The third kappa shape index (κ3) is 3.17. The zero-order valence-corrected chi connectivity index (χ0v) is 12.7. The molecule has 0 atom stereocenters. The topological polar surface area (TPSA) is 20.2 Å². The van der Waals surface area contributed by atoms with Crippen molar-refractivity contribution >= 4 is 10.9 Å². The number of likely N-dealkylation sites (N-methyl/N-ethyl adjacent to an activating group) is 2. The lowest BCUT2D eigenvalue weighted by Gasteiger charge is -2.29. The Labute approximate surface area is 116 Å². The summed E-state index contributed by atoms with van der Waals surface area (Å²) >= 11 is 0. The van der Waals surface area contributed by atoms with Gasteiger partial charge in [-0.25, -0.2) is 0 Å². The molecule has 19 heavy (non-hydrogen) atoms. The summed E-state index contributed by atoms with van der Waals surface area (Å²) in [6.45, 7) is 6.46. The number of rotatable bonds is 5. The van der Waals surface area contributed by atoms with E-state index in [0.29, 0.717) is 0 Å². The van der Waals surface area contributed by atoms with E-state index in [4.69, 9.17) is 0 Å². The van der Waals surface area contributed by atoms with Gasteiger partial charge in [0.2, 0.25) is 0 Å². The van der Waals surface area contributed by atoms with E-state index in [1.165, 1.54) is 16.5 Å². The van der Waals surface area contributed by atoms with E-state index in [1.54, 1.807) is 0 Å². The van der Waals surface area contributed by atoms with Crippen LogP contribution >= 0.6 is 0 Å². The van der Waals surface area contributed by atoms with Crippen LogP contribution in [0.3, 0.4) is 0 Å². The molecule has 0 radical (unpaired) electrons. The monoisotopic (exact) mass is 259 g/mol. The number of fused-ring (bicyclic) bond motifs is 1. The number of benzene rings is 1. The summed E-state index contributed by atoms with van der Waals surface area (Å²) in [6.07, 6.45) is 2.24. The maximum atomic E-state index is 3.35. The molecular weight excluding hydrogens is 234 g/mol. The second-order valence-corrected chi connectivity index (χ2v) is 6.09.